The highest BCUT2D eigenvalue weighted by molar-refractivity contribution is 5.67. The van der Waals surface area contributed by atoms with Crippen LogP contribution < -0.4 is 0 Å². The van der Waals surface area contributed by atoms with E-state index < -0.39 is 18.2 Å². The van der Waals surface area contributed by atoms with E-state index in [2.05, 4.69) is 25.7 Å². The molecular weight excluding hydrogens is 340 g/mol. The summed E-state index contributed by atoms with van der Waals surface area (Å²) in [5, 5.41) is 30.0. The largest absolute Gasteiger partial charge is 0.481 e. The fourth-order valence-corrected chi connectivity index (χ4v) is 5.58. The summed E-state index contributed by atoms with van der Waals surface area (Å²) in [7, 11) is 0. The van der Waals surface area contributed by atoms with Crippen molar-refractivity contribution in [2.75, 3.05) is 0 Å². The van der Waals surface area contributed by atoms with E-state index in [0.29, 0.717) is 12.3 Å². The molecule has 0 aromatic rings. The first-order valence-corrected chi connectivity index (χ1v) is 10.6. The van der Waals surface area contributed by atoms with Crippen molar-refractivity contribution in [2.24, 2.45) is 23.2 Å². The highest BCUT2D eigenvalue weighted by Gasteiger charge is 2.55. The standard InChI is InChI=1S/C23H34O4/c1-15(8-11-22(26)27)18-14-19-17(21(25)12-13-23(18,19)2)9-10-20(24)16-6-4-3-5-7-16/h16-17,19-21,24-25H,3-8,11-14H2,1-2H3,(H,26,27)/b18-15-. The first-order valence-electron chi connectivity index (χ1n) is 10.6. The minimum atomic E-state index is -0.754. The van der Waals surface area contributed by atoms with Crippen LogP contribution in [-0.4, -0.2) is 33.5 Å². The predicted molar refractivity (Wildman–Crippen MR) is 105 cm³/mol. The maximum atomic E-state index is 10.9. The quantitative estimate of drug-likeness (QED) is 0.515. The van der Waals surface area contributed by atoms with Gasteiger partial charge in [0.1, 0.15) is 6.10 Å². The van der Waals surface area contributed by atoms with E-state index in [1.165, 1.54) is 30.4 Å². The fraction of sp³-hybridized carbons (Fsp3) is 0.783. The highest BCUT2D eigenvalue weighted by Crippen LogP contribution is 2.62. The van der Waals surface area contributed by atoms with Crippen molar-refractivity contribution >= 4 is 5.97 Å². The molecule has 0 aliphatic heterocycles. The van der Waals surface area contributed by atoms with Gasteiger partial charge in [0.15, 0.2) is 0 Å². The van der Waals surface area contributed by atoms with E-state index in [4.69, 9.17) is 5.11 Å². The smallest absolute Gasteiger partial charge is 0.303 e. The normalized spacial score (nSPS) is 36.7. The number of hydrogen-bond donors (Lipinski definition) is 3. The fourth-order valence-electron chi connectivity index (χ4n) is 5.58. The maximum Gasteiger partial charge on any atom is 0.303 e. The van der Waals surface area contributed by atoms with Crippen LogP contribution in [0.3, 0.4) is 0 Å². The molecule has 0 radical (unpaired) electrons. The molecule has 0 aromatic heterocycles. The highest BCUT2D eigenvalue weighted by atomic mass is 16.4. The number of carboxylic acids is 1. The molecule has 0 bridgehead atoms. The van der Waals surface area contributed by atoms with E-state index in [-0.39, 0.29) is 23.7 Å². The molecule has 0 heterocycles. The topological polar surface area (TPSA) is 77.8 Å². The Bertz CT molecular complexity index is 649. The lowest BCUT2D eigenvalue weighted by Crippen LogP contribution is -2.52. The summed E-state index contributed by atoms with van der Waals surface area (Å²) >= 11 is 0. The van der Waals surface area contributed by atoms with Gasteiger partial charge in [0.05, 0.1) is 12.0 Å². The predicted octanol–water partition coefficient (Wildman–Crippen LogP) is 3.91. The molecule has 3 fully saturated rings. The Morgan fingerprint density at radius 1 is 1.22 bits per heavy atom. The molecule has 0 saturated heterocycles. The van der Waals surface area contributed by atoms with Crippen LogP contribution in [0.2, 0.25) is 0 Å². The molecule has 3 saturated carbocycles. The van der Waals surface area contributed by atoms with E-state index in [0.717, 1.165) is 32.1 Å². The summed E-state index contributed by atoms with van der Waals surface area (Å²) in [6.07, 6.45) is 8.07. The first-order chi connectivity index (χ1) is 12.8. The van der Waals surface area contributed by atoms with Crippen LogP contribution in [0.15, 0.2) is 11.1 Å². The van der Waals surface area contributed by atoms with Crippen molar-refractivity contribution in [1.29, 1.82) is 0 Å². The summed E-state index contributed by atoms with van der Waals surface area (Å²) in [5.74, 6) is 6.11. The summed E-state index contributed by atoms with van der Waals surface area (Å²) in [4.78, 5) is 10.9. The minimum absolute atomic E-state index is 0.0248. The Kier molecular flexibility index (Phi) is 6.33. The van der Waals surface area contributed by atoms with Gasteiger partial charge in [-0.15, -0.1) is 0 Å². The summed E-state index contributed by atoms with van der Waals surface area (Å²) in [5.41, 5.74) is 2.60. The molecule has 0 spiro atoms. The van der Waals surface area contributed by atoms with Gasteiger partial charge in [-0.1, -0.05) is 49.2 Å². The number of carbonyl (C=O) groups is 1. The van der Waals surface area contributed by atoms with Gasteiger partial charge in [0, 0.05) is 6.42 Å². The Morgan fingerprint density at radius 2 is 1.93 bits per heavy atom. The SMILES string of the molecule is C/C(CCC(=O)O)=C1\CC2C(C#CC(O)C3CCCCC3)C(O)CCC12C. The van der Waals surface area contributed by atoms with Gasteiger partial charge in [-0.3, -0.25) is 4.79 Å². The average Bonchev–Trinajstić information content (AvgIpc) is 2.65. The third-order valence-corrected chi connectivity index (χ3v) is 7.46. The summed E-state index contributed by atoms with van der Waals surface area (Å²) < 4.78 is 0. The molecule has 5 atom stereocenters. The zero-order valence-electron chi connectivity index (χ0n) is 16.7. The van der Waals surface area contributed by atoms with Crippen molar-refractivity contribution in [3.05, 3.63) is 11.1 Å². The number of aliphatic hydroxyl groups is 2. The molecule has 150 valence electrons. The van der Waals surface area contributed by atoms with Crippen molar-refractivity contribution in [3.8, 4) is 11.8 Å². The Balaban J connectivity index is 1.70. The zero-order valence-corrected chi connectivity index (χ0v) is 16.7. The van der Waals surface area contributed by atoms with Crippen molar-refractivity contribution < 1.29 is 20.1 Å². The van der Waals surface area contributed by atoms with Crippen LogP contribution in [0.4, 0.5) is 0 Å². The number of carboxylic acid groups (broad SMARTS) is 1. The molecule has 4 heteroatoms. The monoisotopic (exact) mass is 374 g/mol. The summed E-state index contributed by atoms with van der Waals surface area (Å²) in [6.45, 7) is 4.30. The van der Waals surface area contributed by atoms with Gasteiger partial charge in [-0.05, 0) is 62.7 Å². The van der Waals surface area contributed by atoms with Crippen molar-refractivity contribution in [1.82, 2.24) is 0 Å². The number of hydrogen-bond acceptors (Lipinski definition) is 3. The van der Waals surface area contributed by atoms with Gasteiger partial charge in [-0.25, -0.2) is 0 Å². The Hall–Kier alpha value is -1.31. The number of fused-ring (bicyclic) bond motifs is 1. The maximum absolute atomic E-state index is 10.9. The van der Waals surface area contributed by atoms with E-state index >= 15 is 0 Å². The van der Waals surface area contributed by atoms with Crippen molar-refractivity contribution in [3.63, 3.8) is 0 Å². The van der Waals surface area contributed by atoms with Gasteiger partial charge in [0.25, 0.3) is 0 Å². The van der Waals surface area contributed by atoms with Crippen LogP contribution in [-0.2, 0) is 4.79 Å². The number of rotatable bonds is 4. The lowest BCUT2D eigenvalue weighted by Gasteiger charge is -2.57. The Labute approximate surface area is 163 Å². The second-order valence-electron chi connectivity index (χ2n) is 9.14. The molecule has 0 aromatic carbocycles. The van der Waals surface area contributed by atoms with Crippen LogP contribution in [0.5, 0.6) is 0 Å². The van der Waals surface area contributed by atoms with Gasteiger partial charge in [-0.2, -0.15) is 0 Å². The van der Waals surface area contributed by atoms with Gasteiger partial charge >= 0.3 is 5.97 Å². The van der Waals surface area contributed by atoms with Gasteiger partial charge < -0.3 is 15.3 Å². The second kappa shape index (κ2) is 8.37. The minimum Gasteiger partial charge on any atom is -0.481 e. The average molecular weight is 375 g/mol. The molecule has 3 rings (SSSR count). The lowest BCUT2D eigenvalue weighted by molar-refractivity contribution is -0.136. The van der Waals surface area contributed by atoms with E-state index in [9.17, 15) is 15.0 Å². The van der Waals surface area contributed by atoms with E-state index in [1.807, 2.05) is 0 Å². The van der Waals surface area contributed by atoms with Crippen LogP contribution in [0.25, 0.3) is 0 Å². The molecule has 3 N–H and O–H groups in total. The third kappa shape index (κ3) is 4.25. The zero-order chi connectivity index (χ0) is 19.6. The molecule has 5 unspecified atom stereocenters. The molecule has 27 heavy (non-hydrogen) atoms. The lowest BCUT2D eigenvalue weighted by atomic mass is 9.47. The summed E-state index contributed by atoms with van der Waals surface area (Å²) in [6, 6.07) is 0. The molecule has 0 amide bonds. The van der Waals surface area contributed by atoms with Crippen LogP contribution >= 0.6 is 0 Å². The number of aliphatic hydroxyl groups excluding tert-OH is 2. The molecule has 4 nitrogen and oxygen atoms in total. The van der Waals surface area contributed by atoms with Crippen LogP contribution in [0, 0.1) is 35.0 Å². The molecule has 3 aliphatic carbocycles. The second-order valence-corrected chi connectivity index (χ2v) is 9.14. The van der Waals surface area contributed by atoms with Gasteiger partial charge in [0.2, 0.25) is 0 Å². The first kappa shape index (κ1) is 20.4. The van der Waals surface area contributed by atoms with Crippen LogP contribution in [0.1, 0.15) is 78.1 Å². The Morgan fingerprint density at radius 3 is 2.59 bits per heavy atom. The molecule has 3 aliphatic rings. The number of allylic oxidation sites excluding steroid dienone is 2. The molecular formula is C23H34O4. The van der Waals surface area contributed by atoms with Crippen molar-refractivity contribution in [2.45, 2.75) is 90.3 Å². The number of aliphatic carboxylic acids is 1. The van der Waals surface area contributed by atoms with E-state index in [1.54, 1.807) is 0 Å². The third-order valence-electron chi connectivity index (χ3n) is 7.46.